The number of aliphatic hydroxyl groups is 1. The van der Waals surface area contributed by atoms with Gasteiger partial charge in [-0.3, -0.25) is 0 Å². The van der Waals surface area contributed by atoms with Crippen LogP contribution in [-0.4, -0.2) is 32.8 Å². The minimum absolute atomic E-state index is 0.00462. The maximum absolute atomic E-state index is 11.5. The number of ether oxygens (including phenoxy) is 1. The van der Waals surface area contributed by atoms with Gasteiger partial charge in [-0.15, -0.1) is 5.10 Å². The summed E-state index contributed by atoms with van der Waals surface area (Å²) in [6.07, 6.45) is 1.15. The zero-order valence-electron chi connectivity index (χ0n) is 10.9. The Labute approximate surface area is 116 Å². The summed E-state index contributed by atoms with van der Waals surface area (Å²) in [7, 11) is 0. The predicted molar refractivity (Wildman–Crippen MR) is 70.6 cm³/mol. The molecule has 20 heavy (non-hydrogen) atoms. The summed E-state index contributed by atoms with van der Waals surface area (Å²) in [5, 5.41) is 19.0. The number of amides is 1. The molecule has 0 radical (unpaired) electrons. The first kappa shape index (κ1) is 14.0. The molecule has 0 bridgehead atoms. The van der Waals surface area contributed by atoms with Crippen LogP contribution in [0.4, 0.5) is 4.79 Å². The number of benzene rings is 1. The largest absolute Gasteiger partial charge is 0.445 e. The highest BCUT2D eigenvalue weighted by Crippen LogP contribution is 2.00. The van der Waals surface area contributed by atoms with Crippen LogP contribution in [-0.2, 0) is 24.4 Å². The number of carbonyl (C=O) groups excluding carboxylic acids is 1. The van der Waals surface area contributed by atoms with Gasteiger partial charge >= 0.3 is 6.09 Å². The van der Waals surface area contributed by atoms with E-state index in [1.807, 2.05) is 30.3 Å². The van der Waals surface area contributed by atoms with Crippen molar-refractivity contribution >= 4 is 6.09 Å². The molecule has 2 N–H and O–H groups in total. The molecule has 106 valence electrons. The van der Waals surface area contributed by atoms with Crippen molar-refractivity contribution in [1.82, 2.24) is 20.3 Å². The zero-order chi connectivity index (χ0) is 14.2. The summed E-state index contributed by atoms with van der Waals surface area (Å²) >= 11 is 0. The summed E-state index contributed by atoms with van der Waals surface area (Å²) in [4.78, 5) is 11.5. The molecule has 0 saturated heterocycles. The number of alkyl carbamates (subject to hydrolysis) is 1. The molecule has 0 fully saturated rings. The van der Waals surface area contributed by atoms with Gasteiger partial charge in [0.05, 0.1) is 25.9 Å². The lowest BCUT2D eigenvalue weighted by Crippen LogP contribution is -2.23. The molecule has 0 aliphatic rings. The zero-order valence-corrected chi connectivity index (χ0v) is 10.9. The molecule has 0 unspecified atom stereocenters. The molecule has 1 heterocycles. The van der Waals surface area contributed by atoms with Gasteiger partial charge in [0.15, 0.2) is 0 Å². The Kier molecular flexibility index (Phi) is 5.08. The summed E-state index contributed by atoms with van der Waals surface area (Å²) in [6.45, 7) is 0.837. The van der Waals surface area contributed by atoms with Gasteiger partial charge in [0.25, 0.3) is 0 Å². The summed E-state index contributed by atoms with van der Waals surface area (Å²) < 4.78 is 6.57. The molecule has 0 saturated carbocycles. The third kappa shape index (κ3) is 4.36. The first-order valence-electron chi connectivity index (χ1n) is 6.22. The average molecular weight is 276 g/mol. The van der Waals surface area contributed by atoms with Crippen LogP contribution in [0.25, 0.3) is 0 Å². The lowest BCUT2D eigenvalue weighted by molar-refractivity contribution is 0.139. The number of aromatic nitrogens is 3. The second-order valence-electron chi connectivity index (χ2n) is 4.11. The van der Waals surface area contributed by atoms with Crippen molar-refractivity contribution in [3.63, 3.8) is 0 Å². The van der Waals surface area contributed by atoms with Crippen LogP contribution in [0.1, 0.15) is 11.3 Å². The van der Waals surface area contributed by atoms with E-state index in [0.717, 1.165) is 5.56 Å². The Balaban J connectivity index is 1.71. The Morgan fingerprint density at radius 2 is 2.15 bits per heavy atom. The van der Waals surface area contributed by atoms with E-state index in [2.05, 4.69) is 15.6 Å². The molecular weight excluding hydrogens is 260 g/mol. The van der Waals surface area contributed by atoms with Gasteiger partial charge in [-0.2, -0.15) is 0 Å². The van der Waals surface area contributed by atoms with Crippen molar-refractivity contribution in [3.8, 4) is 0 Å². The maximum atomic E-state index is 11.5. The number of hydrogen-bond acceptors (Lipinski definition) is 5. The Morgan fingerprint density at radius 3 is 2.90 bits per heavy atom. The topological polar surface area (TPSA) is 89.3 Å². The molecule has 7 heteroatoms. The Hall–Kier alpha value is -2.41. The number of rotatable bonds is 6. The quantitative estimate of drug-likeness (QED) is 0.810. The van der Waals surface area contributed by atoms with E-state index in [0.29, 0.717) is 12.2 Å². The second-order valence-corrected chi connectivity index (χ2v) is 4.11. The highest BCUT2D eigenvalue weighted by Gasteiger charge is 2.05. The molecule has 0 spiro atoms. The van der Waals surface area contributed by atoms with Gasteiger partial charge < -0.3 is 15.2 Å². The van der Waals surface area contributed by atoms with E-state index in [4.69, 9.17) is 9.84 Å². The number of nitrogens with one attached hydrogen (secondary N) is 1. The maximum Gasteiger partial charge on any atom is 0.407 e. The van der Waals surface area contributed by atoms with E-state index in [-0.39, 0.29) is 19.8 Å². The molecule has 2 rings (SSSR count). The van der Waals surface area contributed by atoms with E-state index in [9.17, 15) is 4.79 Å². The van der Waals surface area contributed by atoms with Crippen LogP contribution in [0.5, 0.6) is 0 Å². The third-order valence-electron chi connectivity index (χ3n) is 2.54. The minimum Gasteiger partial charge on any atom is -0.445 e. The van der Waals surface area contributed by atoms with Crippen molar-refractivity contribution in [2.45, 2.75) is 19.7 Å². The van der Waals surface area contributed by atoms with Gasteiger partial charge in [0, 0.05) is 0 Å². The van der Waals surface area contributed by atoms with Gasteiger partial charge in [-0.25, -0.2) is 9.48 Å². The molecule has 0 atom stereocenters. The van der Waals surface area contributed by atoms with Crippen molar-refractivity contribution in [1.29, 1.82) is 0 Å². The number of carbonyl (C=O) groups is 1. The SMILES string of the molecule is O=C(NCc1cn(CCO)nn1)OCc1ccccc1. The minimum atomic E-state index is -0.509. The van der Waals surface area contributed by atoms with E-state index in [1.54, 1.807) is 6.20 Å². The molecule has 1 aromatic heterocycles. The van der Waals surface area contributed by atoms with Gasteiger partial charge in [-0.1, -0.05) is 35.5 Å². The fourth-order valence-corrected chi connectivity index (χ4v) is 1.57. The first-order valence-corrected chi connectivity index (χ1v) is 6.22. The summed E-state index contributed by atoms with van der Waals surface area (Å²) in [5.74, 6) is 0. The average Bonchev–Trinajstić information content (AvgIpc) is 2.92. The first-order chi connectivity index (χ1) is 9.78. The molecule has 0 aliphatic heterocycles. The Bertz CT molecular complexity index is 542. The van der Waals surface area contributed by atoms with E-state index in [1.165, 1.54) is 4.68 Å². The molecular formula is C13H16N4O3. The van der Waals surface area contributed by atoms with Gasteiger partial charge in [0.1, 0.15) is 12.3 Å². The Morgan fingerprint density at radius 1 is 1.35 bits per heavy atom. The number of hydrogen-bond donors (Lipinski definition) is 2. The summed E-state index contributed by atoms with van der Waals surface area (Å²) in [5.41, 5.74) is 1.53. The van der Waals surface area contributed by atoms with Crippen LogP contribution in [0.15, 0.2) is 36.5 Å². The standard InChI is InChI=1S/C13H16N4O3/c18-7-6-17-9-12(15-16-17)8-14-13(19)20-10-11-4-2-1-3-5-11/h1-5,9,18H,6-8,10H2,(H,14,19). The highest BCUT2D eigenvalue weighted by molar-refractivity contribution is 5.67. The monoisotopic (exact) mass is 276 g/mol. The molecule has 2 aromatic rings. The van der Waals surface area contributed by atoms with Crippen molar-refractivity contribution < 1.29 is 14.6 Å². The van der Waals surface area contributed by atoms with Crippen LogP contribution < -0.4 is 5.32 Å². The van der Waals surface area contributed by atoms with Gasteiger partial charge in [-0.05, 0) is 5.56 Å². The van der Waals surface area contributed by atoms with Crippen LogP contribution in [0.3, 0.4) is 0 Å². The van der Waals surface area contributed by atoms with Crippen molar-refractivity contribution in [2.75, 3.05) is 6.61 Å². The fraction of sp³-hybridized carbons (Fsp3) is 0.308. The van der Waals surface area contributed by atoms with E-state index >= 15 is 0 Å². The fourth-order valence-electron chi connectivity index (χ4n) is 1.57. The van der Waals surface area contributed by atoms with Gasteiger partial charge in [0.2, 0.25) is 0 Å². The lowest BCUT2D eigenvalue weighted by Gasteiger charge is -2.05. The van der Waals surface area contributed by atoms with Crippen molar-refractivity contribution in [2.24, 2.45) is 0 Å². The molecule has 1 amide bonds. The lowest BCUT2D eigenvalue weighted by atomic mass is 10.2. The number of nitrogens with zero attached hydrogens (tertiary/aromatic N) is 3. The van der Waals surface area contributed by atoms with Crippen molar-refractivity contribution in [3.05, 3.63) is 47.8 Å². The smallest absolute Gasteiger partial charge is 0.407 e. The van der Waals surface area contributed by atoms with Crippen LogP contribution >= 0.6 is 0 Å². The number of aliphatic hydroxyl groups excluding tert-OH is 1. The third-order valence-corrected chi connectivity index (χ3v) is 2.54. The predicted octanol–water partition coefficient (Wildman–Crippen LogP) is 0.697. The molecule has 7 nitrogen and oxygen atoms in total. The normalized spacial score (nSPS) is 10.2. The van der Waals surface area contributed by atoms with Crippen LogP contribution in [0, 0.1) is 0 Å². The summed E-state index contributed by atoms with van der Waals surface area (Å²) in [6, 6.07) is 9.44. The van der Waals surface area contributed by atoms with Crippen LogP contribution in [0.2, 0.25) is 0 Å². The van der Waals surface area contributed by atoms with E-state index < -0.39 is 6.09 Å². The second kappa shape index (κ2) is 7.25. The molecule has 0 aliphatic carbocycles. The molecule has 1 aromatic carbocycles. The highest BCUT2D eigenvalue weighted by atomic mass is 16.5.